The predicted octanol–water partition coefficient (Wildman–Crippen LogP) is 1.43. The third-order valence-corrected chi connectivity index (χ3v) is 6.32. The minimum absolute atomic E-state index is 0.0606. The molecular weight excluding hydrogens is 354 g/mol. The van der Waals surface area contributed by atoms with Crippen LogP contribution in [0.5, 0.6) is 5.75 Å². The summed E-state index contributed by atoms with van der Waals surface area (Å²) < 4.78 is 7.71. The number of amides is 1. The molecule has 1 fully saturated rings. The molecule has 0 spiro atoms. The Kier molecular flexibility index (Phi) is 4.55. The fourth-order valence-electron chi connectivity index (χ4n) is 4.64. The van der Waals surface area contributed by atoms with Crippen LogP contribution in [0.25, 0.3) is 0 Å². The van der Waals surface area contributed by atoms with E-state index in [1.54, 1.807) is 0 Å². The Morgan fingerprint density at radius 2 is 2.04 bits per heavy atom. The molecule has 0 bridgehead atoms. The SMILES string of the molecule is Cc1nnc2n1CC(C(=O)N1CCN(Cc3ccc4c(c3)CCO4)CC1)CC2. The van der Waals surface area contributed by atoms with Gasteiger partial charge in [0, 0.05) is 52.1 Å². The van der Waals surface area contributed by atoms with Gasteiger partial charge in [0.05, 0.1) is 12.5 Å². The molecule has 2 aromatic rings. The minimum Gasteiger partial charge on any atom is -0.493 e. The van der Waals surface area contributed by atoms with Crippen molar-refractivity contribution in [1.82, 2.24) is 24.6 Å². The van der Waals surface area contributed by atoms with E-state index in [1.165, 1.54) is 11.1 Å². The van der Waals surface area contributed by atoms with Crippen LogP contribution in [0.2, 0.25) is 0 Å². The number of carbonyl (C=O) groups is 1. The van der Waals surface area contributed by atoms with E-state index in [4.69, 9.17) is 4.74 Å². The van der Waals surface area contributed by atoms with E-state index in [2.05, 4.69) is 42.8 Å². The average Bonchev–Trinajstić information content (AvgIpc) is 3.34. The van der Waals surface area contributed by atoms with Crippen molar-refractivity contribution in [2.24, 2.45) is 5.92 Å². The number of nitrogens with zero attached hydrogens (tertiary/aromatic N) is 5. The summed E-state index contributed by atoms with van der Waals surface area (Å²) in [5.41, 5.74) is 2.67. The van der Waals surface area contributed by atoms with Crippen molar-refractivity contribution < 1.29 is 9.53 Å². The highest BCUT2D eigenvalue weighted by atomic mass is 16.5. The number of benzene rings is 1. The lowest BCUT2D eigenvalue weighted by Gasteiger charge is -2.37. The van der Waals surface area contributed by atoms with Crippen molar-refractivity contribution in [1.29, 1.82) is 0 Å². The van der Waals surface area contributed by atoms with Crippen LogP contribution < -0.4 is 4.74 Å². The van der Waals surface area contributed by atoms with E-state index in [0.717, 1.165) is 82.5 Å². The molecule has 1 atom stereocenters. The van der Waals surface area contributed by atoms with Gasteiger partial charge in [-0.25, -0.2) is 0 Å². The first-order chi connectivity index (χ1) is 13.7. The number of hydrogen-bond donors (Lipinski definition) is 0. The molecule has 0 saturated carbocycles. The Labute approximate surface area is 165 Å². The van der Waals surface area contributed by atoms with Crippen LogP contribution in [0.15, 0.2) is 18.2 Å². The molecule has 1 aromatic heterocycles. The Morgan fingerprint density at radius 3 is 2.89 bits per heavy atom. The highest BCUT2D eigenvalue weighted by Gasteiger charge is 2.31. The van der Waals surface area contributed by atoms with Gasteiger partial charge in [-0.3, -0.25) is 9.69 Å². The number of hydrogen-bond acceptors (Lipinski definition) is 5. The molecule has 1 saturated heterocycles. The topological polar surface area (TPSA) is 63.5 Å². The van der Waals surface area contributed by atoms with Gasteiger partial charge >= 0.3 is 0 Å². The van der Waals surface area contributed by atoms with Crippen LogP contribution in [0, 0.1) is 12.8 Å². The average molecular weight is 381 g/mol. The molecule has 0 radical (unpaired) electrons. The van der Waals surface area contributed by atoms with Gasteiger partial charge in [0.1, 0.15) is 17.4 Å². The van der Waals surface area contributed by atoms with Crippen LogP contribution in [0.1, 0.15) is 29.2 Å². The van der Waals surface area contributed by atoms with Crippen molar-refractivity contribution >= 4 is 5.91 Å². The summed E-state index contributed by atoms with van der Waals surface area (Å²) in [4.78, 5) is 17.5. The third kappa shape index (κ3) is 3.28. The lowest BCUT2D eigenvalue weighted by Crippen LogP contribution is -2.50. The first-order valence-corrected chi connectivity index (χ1v) is 10.3. The van der Waals surface area contributed by atoms with Gasteiger partial charge < -0.3 is 14.2 Å². The van der Waals surface area contributed by atoms with Gasteiger partial charge in [-0.1, -0.05) is 12.1 Å². The Hall–Kier alpha value is -2.41. The van der Waals surface area contributed by atoms with Crippen LogP contribution in [-0.4, -0.2) is 63.3 Å². The van der Waals surface area contributed by atoms with E-state index < -0.39 is 0 Å². The first-order valence-electron chi connectivity index (χ1n) is 10.3. The molecule has 0 N–H and O–H groups in total. The molecule has 7 heteroatoms. The zero-order valence-corrected chi connectivity index (χ0v) is 16.4. The molecular formula is C21H27N5O2. The van der Waals surface area contributed by atoms with Gasteiger partial charge in [0.25, 0.3) is 0 Å². The number of piperazine rings is 1. The molecule has 3 aliphatic rings. The third-order valence-electron chi connectivity index (χ3n) is 6.32. The number of fused-ring (bicyclic) bond motifs is 2. The van der Waals surface area contributed by atoms with E-state index in [-0.39, 0.29) is 5.92 Å². The molecule has 0 aliphatic carbocycles. The van der Waals surface area contributed by atoms with Crippen molar-refractivity contribution in [3.05, 3.63) is 41.0 Å². The lowest BCUT2D eigenvalue weighted by atomic mass is 9.97. The summed E-state index contributed by atoms with van der Waals surface area (Å²) in [5, 5.41) is 8.36. The van der Waals surface area contributed by atoms with Crippen molar-refractivity contribution in [2.45, 2.75) is 39.3 Å². The monoisotopic (exact) mass is 381 g/mol. The summed E-state index contributed by atoms with van der Waals surface area (Å²) in [7, 11) is 0. The first kappa shape index (κ1) is 17.7. The zero-order valence-electron chi connectivity index (χ0n) is 16.4. The summed E-state index contributed by atoms with van der Waals surface area (Å²) >= 11 is 0. The second kappa shape index (κ2) is 7.20. The second-order valence-corrected chi connectivity index (χ2v) is 8.15. The summed E-state index contributed by atoms with van der Waals surface area (Å²) in [6, 6.07) is 6.55. The van der Waals surface area contributed by atoms with Gasteiger partial charge in [0.2, 0.25) is 5.91 Å². The van der Waals surface area contributed by atoms with Crippen molar-refractivity contribution in [3.63, 3.8) is 0 Å². The van der Waals surface area contributed by atoms with Gasteiger partial charge in [0.15, 0.2) is 0 Å². The fourth-order valence-corrected chi connectivity index (χ4v) is 4.64. The van der Waals surface area contributed by atoms with E-state index in [0.29, 0.717) is 5.91 Å². The Balaban J connectivity index is 1.16. The van der Waals surface area contributed by atoms with E-state index in [1.807, 2.05) is 6.92 Å². The maximum absolute atomic E-state index is 13.0. The van der Waals surface area contributed by atoms with Crippen molar-refractivity contribution in [2.75, 3.05) is 32.8 Å². The summed E-state index contributed by atoms with van der Waals surface area (Å²) in [6.45, 7) is 7.94. The van der Waals surface area contributed by atoms with Crippen molar-refractivity contribution in [3.8, 4) is 5.75 Å². The molecule has 1 unspecified atom stereocenters. The standard InChI is InChI=1S/C21H27N5O2/c1-15-22-23-20-5-3-18(14-26(15)20)21(27)25-9-7-24(8-10-25)13-16-2-4-19-17(12-16)6-11-28-19/h2,4,12,18H,3,5-11,13-14H2,1H3. The second-order valence-electron chi connectivity index (χ2n) is 8.15. The molecule has 1 aromatic carbocycles. The number of aromatic nitrogens is 3. The van der Waals surface area contributed by atoms with Crippen LogP contribution in [0.4, 0.5) is 0 Å². The smallest absolute Gasteiger partial charge is 0.227 e. The number of ether oxygens (including phenoxy) is 1. The maximum Gasteiger partial charge on any atom is 0.227 e. The van der Waals surface area contributed by atoms with Gasteiger partial charge in [-0.2, -0.15) is 0 Å². The normalized spacial score (nSPS) is 21.9. The number of rotatable bonds is 3. The summed E-state index contributed by atoms with van der Waals surface area (Å²) in [6.07, 6.45) is 2.74. The lowest BCUT2D eigenvalue weighted by molar-refractivity contribution is -0.138. The molecule has 3 aliphatic heterocycles. The number of aryl methyl sites for hydroxylation is 2. The van der Waals surface area contributed by atoms with Crippen LogP contribution in [-0.2, 0) is 30.7 Å². The highest BCUT2D eigenvalue weighted by Crippen LogP contribution is 2.27. The van der Waals surface area contributed by atoms with E-state index >= 15 is 0 Å². The largest absolute Gasteiger partial charge is 0.493 e. The van der Waals surface area contributed by atoms with E-state index in [9.17, 15) is 4.79 Å². The Morgan fingerprint density at radius 1 is 1.18 bits per heavy atom. The molecule has 1 amide bonds. The maximum atomic E-state index is 13.0. The number of carbonyl (C=O) groups excluding carboxylic acids is 1. The van der Waals surface area contributed by atoms with Gasteiger partial charge in [-0.05, 0) is 30.5 Å². The molecule has 28 heavy (non-hydrogen) atoms. The fraction of sp³-hybridized carbons (Fsp3) is 0.571. The highest BCUT2D eigenvalue weighted by molar-refractivity contribution is 5.79. The zero-order chi connectivity index (χ0) is 19.1. The Bertz CT molecular complexity index is 885. The molecule has 4 heterocycles. The molecule has 5 rings (SSSR count). The van der Waals surface area contributed by atoms with Crippen LogP contribution in [0.3, 0.4) is 0 Å². The predicted molar refractivity (Wildman–Crippen MR) is 104 cm³/mol. The van der Waals surface area contributed by atoms with Crippen LogP contribution >= 0.6 is 0 Å². The van der Waals surface area contributed by atoms with Gasteiger partial charge in [-0.15, -0.1) is 10.2 Å². The summed E-state index contributed by atoms with van der Waals surface area (Å²) in [5.74, 6) is 3.33. The minimum atomic E-state index is 0.0606. The quantitative estimate of drug-likeness (QED) is 0.805. The molecule has 148 valence electrons. The molecule has 7 nitrogen and oxygen atoms in total.